The highest BCUT2D eigenvalue weighted by atomic mass is 16.1. The number of aromatic nitrogens is 1. The fraction of sp³-hybridized carbons (Fsp3) is 0.538. The maximum atomic E-state index is 11.4. The predicted molar refractivity (Wildman–Crippen MR) is 66.3 cm³/mol. The third kappa shape index (κ3) is 4.95. The minimum atomic E-state index is 0.193. The fourth-order valence-corrected chi connectivity index (χ4v) is 1.63. The average molecular weight is 233 g/mol. The summed E-state index contributed by atoms with van der Waals surface area (Å²) < 4.78 is 0. The number of hydrogen-bond donors (Lipinski definition) is 2. The van der Waals surface area contributed by atoms with Crippen LogP contribution in [0.15, 0.2) is 24.5 Å². The van der Waals surface area contributed by atoms with E-state index in [1.54, 1.807) is 12.4 Å². The highest BCUT2D eigenvalue weighted by Gasteiger charge is 2.22. The summed E-state index contributed by atoms with van der Waals surface area (Å²) >= 11 is 0. The summed E-state index contributed by atoms with van der Waals surface area (Å²) in [5.74, 6) is 0.193. The van der Waals surface area contributed by atoms with E-state index in [4.69, 9.17) is 0 Å². The summed E-state index contributed by atoms with van der Waals surface area (Å²) in [4.78, 5) is 15.3. The van der Waals surface area contributed by atoms with E-state index in [2.05, 4.69) is 15.6 Å². The van der Waals surface area contributed by atoms with Crippen molar-refractivity contribution in [3.05, 3.63) is 30.1 Å². The summed E-state index contributed by atoms with van der Waals surface area (Å²) in [6.45, 7) is 1.72. The van der Waals surface area contributed by atoms with Crippen molar-refractivity contribution >= 4 is 5.91 Å². The van der Waals surface area contributed by atoms with Crippen molar-refractivity contribution in [3.8, 4) is 0 Å². The van der Waals surface area contributed by atoms with E-state index >= 15 is 0 Å². The van der Waals surface area contributed by atoms with Gasteiger partial charge in [-0.15, -0.1) is 0 Å². The van der Waals surface area contributed by atoms with Crippen molar-refractivity contribution in [2.75, 3.05) is 6.54 Å². The Kier molecular flexibility index (Phi) is 4.50. The van der Waals surface area contributed by atoms with Crippen molar-refractivity contribution in [2.45, 2.75) is 38.3 Å². The molecular weight excluding hydrogens is 214 g/mol. The molecule has 0 aromatic carbocycles. The van der Waals surface area contributed by atoms with E-state index in [1.807, 2.05) is 12.1 Å². The molecule has 1 saturated carbocycles. The first-order valence-corrected chi connectivity index (χ1v) is 6.23. The van der Waals surface area contributed by atoms with Crippen LogP contribution in [-0.2, 0) is 11.3 Å². The molecule has 2 rings (SSSR count). The fourth-order valence-electron chi connectivity index (χ4n) is 1.63. The van der Waals surface area contributed by atoms with E-state index in [9.17, 15) is 4.79 Å². The Morgan fingerprint density at radius 2 is 2.12 bits per heavy atom. The number of nitrogens with one attached hydrogen (secondary N) is 2. The van der Waals surface area contributed by atoms with Crippen LogP contribution in [0.25, 0.3) is 0 Å². The van der Waals surface area contributed by atoms with E-state index in [-0.39, 0.29) is 5.91 Å². The maximum Gasteiger partial charge on any atom is 0.220 e. The van der Waals surface area contributed by atoms with Crippen LogP contribution in [0.4, 0.5) is 0 Å². The monoisotopic (exact) mass is 233 g/mol. The third-order valence-corrected chi connectivity index (χ3v) is 2.78. The molecule has 1 aromatic heterocycles. The Hall–Kier alpha value is -1.42. The number of carbonyl (C=O) groups is 1. The molecule has 0 radical (unpaired) electrons. The summed E-state index contributed by atoms with van der Waals surface area (Å²) in [6, 6.07) is 4.46. The van der Waals surface area contributed by atoms with Gasteiger partial charge in [0.05, 0.1) is 0 Å². The van der Waals surface area contributed by atoms with Crippen molar-refractivity contribution in [1.29, 1.82) is 0 Å². The molecule has 0 spiro atoms. The molecule has 1 aromatic rings. The SMILES string of the molecule is O=C(CCCNCc1ccncc1)NC1CC1. The second kappa shape index (κ2) is 6.35. The van der Waals surface area contributed by atoms with Crippen molar-refractivity contribution in [3.63, 3.8) is 0 Å². The standard InChI is InChI=1S/C13H19N3O/c17-13(16-12-3-4-12)2-1-7-15-10-11-5-8-14-9-6-11/h5-6,8-9,12,15H,1-4,7,10H2,(H,16,17). The maximum absolute atomic E-state index is 11.4. The Morgan fingerprint density at radius 3 is 2.82 bits per heavy atom. The summed E-state index contributed by atoms with van der Waals surface area (Å²) in [7, 11) is 0. The Balaban J connectivity index is 1.50. The van der Waals surface area contributed by atoms with Gasteiger partial charge in [-0.05, 0) is 43.5 Å². The van der Waals surface area contributed by atoms with Gasteiger partial charge in [0.2, 0.25) is 5.91 Å². The summed E-state index contributed by atoms with van der Waals surface area (Å²) in [5, 5.41) is 6.31. The lowest BCUT2D eigenvalue weighted by atomic mass is 10.2. The van der Waals surface area contributed by atoms with E-state index in [0.29, 0.717) is 12.5 Å². The highest BCUT2D eigenvalue weighted by Crippen LogP contribution is 2.18. The van der Waals surface area contributed by atoms with E-state index in [1.165, 1.54) is 5.56 Å². The molecule has 17 heavy (non-hydrogen) atoms. The van der Waals surface area contributed by atoms with Gasteiger partial charge in [0.15, 0.2) is 0 Å². The molecule has 1 fully saturated rings. The quantitative estimate of drug-likeness (QED) is 0.696. The Labute approximate surface area is 102 Å². The first kappa shape index (κ1) is 12.0. The second-order valence-corrected chi connectivity index (χ2v) is 4.48. The predicted octanol–water partition coefficient (Wildman–Crippen LogP) is 1.23. The highest BCUT2D eigenvalue weighted by molar-refractivity contribution is 5.76. The lowest BCUT2D eigenvalue weighted by Gasteiger charge is -2.05. The van der Waals surface area contributed by atoms with Crippen LogP contribution in [0.3, 0.4) is 0 Å². The number of nitrogens with zero attached hydrogens (tertiary/aromatic N) is 1. The number of rotatable bonds is 7. The number of amides is 1. The lowest BCUT2D eigenvalue weighted by molar-refractivity contribution is -0.121. The molecule has 0 aliphatic heterocycles. The van der Waals surface area contributed by atoms with Crippen molar-refractivity contribution in [1.82, 2.24) is 15.6 Å². The number of carbonyl (C=O) groups excluding carboxylic acids is 1. The second-order valence-electron chi connectivity index (χ2n) is 4.48. The normalized spacial score (nSPS) is 14.6. The van der Waals surface area contributed by atoms with Crippen LogP contribution in [0.5, 0.6) is 0 Å². The molecular formula is C13H19N3O. The van der Waals surface area contributed by atoms with Gasteiger partial charge in [-0.25, -0.2) is 0 Å². The summed E-state index contributed by atoms with van der Waals surface area (Å²) in [6.07, 6.45) is 7.42. The number of pyridine rings is 1. The smallest absolute Gasteiger partial charge is 0.220 e. The molecule has 1 heterocycles. The molecule has 0 atom stereocenters. The largest absolute Gasteiger partial charge is 0.353 e. The Morgan fingerprint density at radius 1 is 1.35 bits per heavy atom. The molecule has 4 nitrogen and oxygen atoms in total. The van der Waals surface area contributed by atoms with Gasteiger partial charge in [0.25, 0.3) is 0 Å². The minimum absolute atomic E-state index is 0.193. The van der Waals surface area contributed by atoms with Crippen LogP contribution in [0, 0.1) is 0 Å². The molecule has 4 heteroatoms. The molecule has 0 saturated heterocycles. The van der Waals surface area contributed by atoms with Crippen LogP contribution in [0.1, 0.15) is 31.2 Å². The lowest BCUT2D eigenvalue weighted by Crippen LogP contribution is -2.26. The molecule has 92 valence electrons. The molecule has 0 bridgehead atoms. The van der Waals surface area contributed by atoms with Gasteiger partial charge < -0.3 is 10.6 Å². The van der Waals surface area contributed by atoms with Crippen LogP contribution in [0.2, 0.25) is 0 Å². The minimum Gasteiger partial charge on any atom is -0.353 e. The third-order valence-electron chi connectivity index (χ3n) is 2.78. The van der Waals surface area contributed by atoms with Gasteiger partial charge in [-0.3, -0.25) is 9.78 Å². The van der Waals surface area contributed by atoms with Crippen LogP contribution >= 0.6 is 0 Å². The van der Waals surface area contributed by atoms with E-state index < -0.39 is 0 Å². The molecule has 2 N–H and O–H groups in total. The number of hydrogen-bond acceptors (Lipinski definition) is 3. The van der Waals surface area contributed by atoms with Crippen molar-refractivity contribution in [2.24, 2.45) is 0 Å². The van der Waals surface area contributed by atoms with Gasteiger partial charge in [0.1, 0.15) is 0 Å². The van der Waals surface area contributed by atoms with Gasteiger partial charge in [0, 0.05) is 31.4 Å². The average Bonchev–Trinajstić information content (AvgIpc) is 3.14. The van der Waals surface area contributed by atoms with Gasteiger partial charge in [-0.1, -0.05) is 0 Å². The zero-order valence-corrected chi connectivity index (χ0v) is 9.98. The zero-order valence-electron chi connectivity index (χ0n) is 9.98. The van der Waals surface area contributed by atoms with Gasteiger partial charge >= 0.3 is 0 Å². The Bertz CT molecular complexity index is 349. The topological polar surface area (TPSA) is 54.0 Å². The van der Waals surface area contributed by atoms with Crippen LogP contribution < -0.4 is 10.6 Å². The van der Waals surface area contributed by atoms with Gasteiger partial charge in [-0.2, -0.15) is 0 Å². The summed E-state index contributed by atoms with van der Waals surface area (Å²) in [5.41, 5.74) is 1.22. The van der Waals surface area contributed by atoms with Crippen molar-refractivity contribution < 1.29 is 4.79 Å². The van der Waals surface area contributed by atoms with Crippen LogP contribution in [-0.4, -0.2) is 23.5 Å². The van der Waals surface area contributed by atoms with E-state index in [0.717, 1.165) is 32.4 Å². The molecule has 0 unspecified atom stereocenters. The molecule has 1 aliphatic carbocycles. The molecule has 1 amide bonds. The first-order chi connectivity index (χ1) is 8.34. The zero-order chi connectivity index (χ0) is 11.9. The molecule has 1 aliphatic rings. The first-order valence-electron chi connectivity index (χ1n) is 6.23.